The molecule has 10 N–H and O–H groups in total. The Balaban J connectivity index is 1.84. The normalized spacial score (nSPS) is 12.8. The van der Waals surface area contributed by atoms with Crippen LogP contribution in [0.1, 0.15) is 27.2 Å². The van der Waals surface area contributed by atoms with Crippen LogP contribution < -0.4 is 43.0 Å². The Morgan fingerprint density at radius 1 is 0.341 bits per heavy atom. The van der Waals surface area contributed by atoms with Crippen molar-refractivity contribution in [3.8, 4) is 0 Å². The summed E-state index contributed by atoms with van der Waals surface area (Å²) in [5, 5.41) is 26.1. The fourth-order valence-electron chi connectivity index (χ4n) is 8.99. The highest BCUT2D eigenvalue weighted by molar-refractivity contribution is 8.76. The molecule has 47 heteroatoms. The molecule has 1 heterocycles. The van der Waals surface area contributed by atoms with Gasteiger partial charge in [0.05, 0.1) is 349 Å². The quantitative estimate of drug-likeness (QED) is 0.0122. The van der Waals surface area contributed by atoms with E-state index in [9.17, 15) is 47.9 Å². The standard InChI is InChI=1S/C76H139N9O35S3/c1-63(2)123-122-61-66(84-70(89)59-81-76(96)67(56-77)85-71(90)4-5-72(85)91)75(95)80-58-69(88)83-65(60-121-62-82-64(3)86)74(94)79-57-68(87)78-7-9-98-11-13-100-15-17-102-19-21-104-23-25-106-27-29-108-31-33-110-35-37-112-39-41-114-43-45-116-47-49-118-51-53-120-55-54-119-52-50-117-48-46-115-44-42-113-40-38-111-36-34-109-32-30-107-28-26-105-24-22-103-20-18-101-16-14-99-12-10-97-8-6-73(92)93/h4-5,63,65-67H,6-62,77H2,1-3H3,(H,78,87)(H,79,94)(H,80,95)(H,81,96)(H,82,86)(H,83,88)(H,84,89)(H,92,93)/t65-,66-,67-/m0/s1. The first kappa shape index (κ1) is 116. The average Bonchev–Trinajstić information content (AvgIpc) is 1.70. The van der Waals surface area contributed by atoms with E-state index >= 15 is 0 Å². The summed E-state index contributed by atoms with van der Waals surface area (Å²) in [7, 11) is 2.70. The van der Waals surface area contributed by atoms with E-state index in [0.29, 0.717) is 296 Å². The van der Waals surface area contributed by atoms with Crippen molar-refractivity contribution in [2.45, 2.75) is 50.6 Å². The third-order valence-corrected chi connectivity index (χ3v) is 18.9. The summed E-state index contributed by atoms with van der Waals surface area (Å²) >= 11 is 1.11. The number of imide groups is 1. The van der Waals surface area contributed by atoms with E-state index < -0.39 is 97.5 Å². The molecule has 716 valence electrons. The van der Waals surface area contributed by atoms with Gasteiger partial charge in [0.1, 0.15) is 18.1 Å². The lowest BCUT2D eigenvalue weighted by molar-refractivity contribution is -0.145. The summed E-state index contributed by atoms with van der Waals surface area (Å²) in [6.07, 6.45) is 1.97. The number of hydrogen-bond acceptors (Lipinski definition) is 38. The van der Waals surface area contributed by atoms with Crippen LogP contribution in [0.4, 0.5) is 0 Å². The molecule has 0 unspecified atom stereocenters. The van der Waals surface area contributed by atoms with Crippen molar-refractivity contribution in [1.29, 1.82) is 0 Å². The van der Waals surface area contributed by atoms with Crippen LogP contribution in [-0.2, 0) is 162 Å². The highest BCUT2D eigenvalue weighted by Crippen LogP contribution is 2.26. The number of thioether (sulfide) groups is 1. The smallest absolute Gasteiger partial charge is 0.305 e. The lowest BCUT2D eigenvalue weighted by Crippen LogP contribution is -2.56. The minimum atomic E-state index is -1.37. The highest BCUT2D eigenvalue weighted by atomic mass is 33.1. The summed E-state index contributed by atoms with van der Waals surface area (Å²) in [5.41, 5.74) is 5.65. The number of carboxylic acid groups (broad SMARTS) is 1. The molecule has 0 radical (unpaired) electrons. The van der Waals surface area contributed by atoms with Crippen LogP contribution in [0.2, 0.25) is 0 Å². The van der Waals surface area contributed by atoms with Crippen LogP contribution in [-0.4, -0.2) is 460 Å². The zero-order chi connectivity index (χ0) is 89.4. The number of nitrogens with zero attached hydrogens (tertiary/aromatic N) is 1. The lowest BCUT2D eigenvalue weighted by Gasteiger charge is -2.24. The summed E-state index contributed by atoms with van der Waals surface area (Å²) in [5.74, 6) is -6.99. The van der Waals surface area contributed by atoms with Crippen molar-refractivity contribution >= 4 is 92.5 Å². The molecule has 1 aliphatic heterocycles. The minimum Gasteiger partial charge on any atom is -0.481 e. The fraction of sp³-hybridized carbons (Fsp3) is 0.842. The van der Waals surface area contributed by atoms with Gasteiger partial charge in [-0.15, -0.1) is 11.8 Å². The predicted octanol–water partition coefficient (Wildman–Crippen LogP) is -3.84. The molecule has 1 aliphatic rings. The van der Waals surface area contributed by atoms with Gasteiger partial charge in [0, 0.05) is 48.9 Å². The van der Waals surface area contributed by atoms with Gasteiger partial charge >= 0.3 is 5.97 Å². The van der Waals surface area contributed by atoms with Gasteiger partial charge in [-0.25, -0.2) is 0 Å². The zero-order valence-corrected chi connectivity index (χ0v) is 74.3. The Kier molecular flexibility index (Phi) is 83.4. The molecular weight excluding hydrogens is 1700 g/mol. The zero-order valence-electron chi connectivity index (χ0n) is 71.8. The number of nitrogens with two attached hydrogens (primary N) is 1. The Bertz CT molecular complexity index is 2640. The molecule has 0 aromatic carbocycles. The topological polar surface area (TPSA) is 526 Å². The van der Waals surface area contributed by atoms with Gasteiger partial charge < -0.3 is 162 Å². The first-order valence-electron chi connectivity index (χ1n) is 41.2. The molecule has 0 aromatic rings. The maximum absolute atomic E-state index is 13.3. The van der Waals surface area contributed by atoms with Crippen LogP contribution in [0.5, 0.6) is 0 Å². The Morgan fingerprint density at radius 3 is 0.837 bits per heavy atom. The molecule has 0 aliphatic carbocycles. The van der Waals surface area contributed by atoms with Crippen molar-refractivity contribution in [3.63, 3.8) is 0 Å². The number of ether oxygens (including phenoxy) is 24. The maximum Gasteiger partial charge on any atom is 0.305 e. The molecule has 0 fully saturated rings. The fourth-order valence-corrected chi connectivity index (χ4v) is 12.1. The first-order chi connectivity index (χ1) is 60.0. The van der Waals surface area contributed by atoms with E-state index in [-0.39, 0.29) is 67.9 Å². The van der Waals surface area contributed by atoms with E-state index in [0.717, 1.165) is 23.9 Å². The van der Waals surface area contributed by atoms with Gasteiger partial charge in [-0.3, -0.25) is 52.8 Å². The summed E-state index contributed by atoms with van der Waals surface area (Å²) in [4.78, 5) is 125. The van der Waals surface area contributed by atoms with E-state index in [1.807, 2.05) is 13.8 Å². The van der Waals surface area contributed by atoms with E-state index in [1.165, 1.54) is 28.5 Å². The number of carbonyl (C=O) groups is 10. The third-order valence-electron chi connectivity index (χ3n) is 15.0. The van der Waals surface area contributed by atoms with Gasteiger partial charge in [-0.1, -0.05) is 35.4 Å². The van der Waals surface area contributed by atoms with Crippen molar-refractivity contribution < 1.29 is 167 Å². The number of carboxylic acids is 1. The molecule has 1 rings (SSSR count). The van der Waals surface area contributed by atoms with Gasteiger partial charge in [0.2, 0.25) is 41.4 Å². The van der Waals surface area contributed by atoms with E-state index in [4.69, 9.17) is 125 Å². The van der Waals surface area contributed by atoms with Crippen molar-refractivity contribution in [1.82, 2.24) is 42.1 Å². The minimum absolute atomic E-state index is 0.0178. The molecule has 0 bridgehead atoms. The maximum atomic E-state index is 13.3. The molecule has 44 nitrogen and oxygen atoms in total. The molecule has 0 saturated heterocycles. The SMILES string of the molecule is CC(=O)NCSC[C@H](NC(=O)CNC(=O)[C@H](CSSC(C)C)NC(=O)CNC(=O)[C@H](CN)N1C(=O)C=CC1=O)C(=O)NCC(=O)NCCOCCOCCOCCOCCOCCOCCOCCOCCOCCOCCOCCOCCOCCOCCOCCOCCOCCOCCOCCOCCOCCOCCOCCOCCC(=O)O. The average molecular weight is 1840 g/mol. The lowest BCUT2D eigenvalue weighted by atomic mass is 10.2. The molecule has 0 aromatic heterocycles. The van der Waals surface area contributed by atoms with Gasteiger partial charge in [0.15, 0.2) is 0 Å². The molecule has 3 atom stereocenters. The van der Waals surface area contributed by atoms with E-state index in [2.05, 4.69) is 37.2 Å². The summed E-state index contributed by atoms with van der Waals surface area (Å²) in [6, 6.07) is -3.77. The Labute approximate surface area is 733 Å². The Morgan fingerprint density at radius 2 is 0.585 bits per heavy atom. The highest BCUT2D eigenvalue weighted by Gasteiger charge is 2.35. The van der Waals surface area contributed by atoms with Crippen LogP contribution in [0.3, 0.4) is 0 Å². The number of rotatable bonds is 96. The molecule has 123 heavy (non-hydrogen) atoms. The monoisotopic (exact) mass is 1830 g/mol. The van der Waals surface area contributed by atoms with Gasteiger partial charge in [-0.2, -0.15) is 0 Å². The second kappa shape index (κ2) is 88.7. The van der Waals surface area contributed by atoms with Crippen LogP contribution in [0, 0.1) is 0 Å². The second-order valence-corrected chi connectivity index (χ2v) is 29.4. The van der Waals surface area contributed by atoms with Crippen LogP contribution in [0.15, 0.2) is 12.2 Å². The number of hydrogen-bond donors (Lipinski definition) is 9. The van der Waals surface area contributed by atoms with Gasteiger partial charge in [0.25, 0.3) is 11.8 Å². The van der Waals surface area contributed by atoms with Gasteiger partial charge in [-0.05, 0) is 0 Å². The Hall–Kier alpha value is -5.31. The molecule has 9 amide bonds. The molecule has 0 spiro atoms. The molecule has 0 saturated carbocycles. The number of amides is 9. The van der Waals surface area contributed by atoms with Crippen LogP contribution in [0.25, 0.3) is 0 Å². The second-order valence-electron chi connectivity index (χ2n) is 25.4. The number of aliphatic carboxylic acids is 1. The molecular formula is C76H139N9O35S3. The number of carbonyl (C=O) groups excluding carboxylic acids is 9. The van der Waals surface area contributed by atoms with Crippen molar-refractivity contribution in [2.24, 2.45) is 5.73 Å². The van der Waals surface area contributed by atoms with Crippen molar-refractivity contribution in [2.75, 3.05) is 367 Å². The summed E-state index contributed by atoms with van der Waals surface area (Å²) < 4.78 is 132. The summed E-state index contributed by atoms with van der Waals surface area (Å²) in [6.45, 7) is 23.3. The largest absolute Gasteiger partial charge is 0.481 e. The van der Waals surface area contributed by atoms with Crippen LogP contribution >= 0.6 is 33.3 Å². The van der Waals surface area contributed by atoms with E-state index in [1.54, 1.807) is 0 Å². The van der Waals surface area contributed by atoms with Crippen molar-refractivity contribution in [3.05, 3.63) is 12.2 Å². The first-order valence-corrected chi connectivity index (χ1v) is 44.7. The number of nitrogens with one attached hydrogen (secondary N) is 7. The predicted molar refractivity (Wildman–Crippen MR) is 448 cm³/mol. The third kappa shape index (κ3) is 78.7.